The highest BCUT2D eigenvalue weighted by molar-refractivity contribution is 5.88. The highest BCUT2D eigenvalue weighted by atomic mass is 16.3. The van der Waals surface area contributed by atoms with Crippen LogP contribution in [0.2, 0.25) is 0 Å². The van der Waals surface area contributed by atoms with Crippen LogP contribution in [-0.2, 0) is 5.60 Å². The molecule has 0 atom stereocenters. The molecule has 1 aliphatic rings. The SMILES string of the molecule is Cc1[nH]c2c(C3(O)CC3)cccc2c1C. The maximum Gasteiger partial charge on any atom is 0.0919 e. The number of fused-ring (bicyclic) bond motifs is 1. The van der Waals surface area contributed by atoms with Crippen molar-refractivity contribution in [3.05, 3.63) is 35.0 Å². The van der Waals surface area contributed by atoms with Crippen LogP contribution in [0.5, 0.6) is 0 Å². The average Bonchev–Trinajstić information content (AvgIpc) is 2.90. The molecular weight excluding hydrogens is 186 g/mol. The van der Waals surface area contributed by atoms with Gasteiger partial charge in [-0.1, -0.05) is 18.2 Å². The lowest BCUT2D eigenvalue weighted by molar-refractivity contribution is 0.153. The molecule has 1 fully saturated rings. The van der Waals surface area contributed by atoms with E-state index in [-0.39, 0.29) is 0 Å². The largest absolute Gasteiger partial charge is 0.385 e. The van der Waals surface area contributed by atoms with Crippen LogP contribution in [0.15, 0.2) is 18.2 Å². The van der Waals surface area contributed by atoms with Gasteiger partial charge in [0, 0.05) is 16.6 Å². The fourth-order valence-corrected chi connectivity index (χ4v) is 2.26. The zero-order valence-corrected chi connectivity index (χ0v) is 9.09. The molecule has 2 nitrogen and oxygen atoms in total. The van der Waals surface area contributed by atoms with Crippen molar-refractivity contribution in [2.24, 2.45) is 0 Å². The van der Waals surface area contributed by atoms with Gasteiger partial charge in [0.2, 0.25) is 0 Å². The quantitative estimate of drug-likeness (QED) is 0.731. The third-order valence-corrected chi connectivity index (χ3v) is 3.57. The van der Waals surface area contributed by atoms with E-state index >= 15 is 0 Å². The van der Waals surface area contributed by atoms with Gasteiger partial charge in [-0.05, 0) is 32.3 Å². The molecule has 0 unspecified atom stereocenters. The molecule has 2 heteroatoms. The predicted octanol–water partition coefficient (Wildman–Crippen LogP) is 2.77. The Labute approximate surface area is 88.9 Å². The van der Waals surface area contributed by atoms with Crippen molar-refractivity contribution in [3.63, 3.8) is 0 Å². The summed E-state index contributed by atoms with van der Waals surface area (Å²) >= 11 is 0. The van der Waals surface area contributed by atoms with E-state index in [1.807, 2.05) is 12.1 Å². The lowest BCUT2D eigenvalue weighted by Gasteiger charge is -2.09. The zero-order valence-electron chi connectivity index (χ0n) is 9.09. The summed E-state index contributed by atoms with van der Waals surface area (Å²) < 4.78 is 0. The Morgan fingerprint density at radius 1 is 1.27 bits per heavy atom. The van der Waals surface area contributed by atoms with Crippen molar-refractivity contribution in [2.45, 2.75) is 32.3 Å². The lowest BCUT2D eigenvalue weighted by Crippen LogP contribution is -2.04. The number of rotatable bonds is 1. The molecule has 1 saturated carbocycles. The van der Waals surface area contributed by atoms with E-state index in [1.54, 1.807) is 0 Å². The molecule has 0 amide bonds. The van der Waals surface area contributed by atoms with Crippen LogP contribution < -0.4 is 0 Å². The molecule has 78 valence electrons. The smallest absolute Gasteiger partial charge is 0.0919 e. The van der Waals surface area contributed by atoms with Gasteiger partial charge in [-0.15, -0.1) is 0 Å². The Morgan fingerprint density at radius 2 is 2.00 bits per heavy atom. The number of aryl methyl sites for hydroxylation is 2. The van der Waals surface area contributed by atoms with Crippen molar-refractivity contribution >= 4 is 10.9 Å². The highest BCUT2D eigenvalue weighted by Crippen LogP contribution is 2.47. The van der Waals surface area contributed by atoms with Crippen LogP contribution in [0.25, 0.3) is 10.9 Å². The van der Waals surface area contributed by atoms with Gasteiger partial charge in [-0.3, -0.25) is 0 Å². The molecule has 1 aromatic heterocycles. The second kappa shape index (κ2) is 2.64. The Balaban J connectivity index is 2.36. The first kappa shape index (κ1) is 8.98. The highest BCUT2D eigenvalue weighted by Gasteiger charge is 2.43. The van der Waals surface area contributed by atoms with Crippen molar-refractivity contribution < 1.29 is 5.11 Å². The summed E-state index contributed by atoms with van der Waals surface area (Å²) in [6, 6.07) is 6.18. The van der Waals surface area contributed by atoms with E-state index in [0.29, 0.717) is 0 Å². The van der Waals surface area contributed by atoms with Crippen molar-refractivity contribution in [1.82, 2.24) is 4.98 Å². The third kappa shape index (κ3) is 1.15. The van der Waals surface area contributed by atoms with Crippen LogP contribution in [0.4, 0.5) is 0 Å². The maximum absolute atomic E-state index is 10.2. The first-order chi connectivity index (χ1) is 7.12. The minimum Gasteiger partial charge on any atom is -0.385 e. The number of benzene rings is 1. The summed E-state index contributed by atoms with van der Waals surface area (Å²) in [6.45, 7) is 4.20. The number of aromatic nitrogens is 1. The predicted molar refractivity (Wildman–Crippen MR) is 60.9 cm³/mol. The Bertz CT molecular complexity index is 535. The monoisotopic (exact) mass is 201 g/mol. The Morgan fingerprint density at radius 3 is 2.67 bits per heavy atom. The van der Waals surface area contributed by atoms with Crippen LogP contribution in [0.1, 0.15) is 29.7 Å². The number of aliphatic hydroxyl groups is 1. The van der Waals surface area contributed by atoms with E-state index in [2.05, 4.69) is 24.9 Å². The fraction of sp³-hybridized carbons (Fsp3) is 0.385. The number of hydrogen-bond acceptors (Lipinski definition) is 1. The van der Waals surface area contributed by atoms with Crippen molar-refractivity contribution in [2.75, 3.05) is 0 Å². The van der Waals surface area contributed by atoms with E-state index in [0.717, 1.165) is 23.9 Å². The summed E-state index contributed by atoms with van der Waals surface area (Å²) in [4.78, 5) is 3.38. The molecule has 1 heterocycles. The fourth-order valence-electron chi connectivity index (χ4n) is 2.26. The van der Waals surface area contributed by atoms with Gasteiger partial charge in [0.25, 0.3) is 0 Å². The van der Waals surface area contributed by atoms with E-state index in [4.69, 9.17) is 0 Å². The lowest BCUT2D eigenvalue weighted by atomic mass is 10.0. The number of H-pyrrole nitrogens is 1. The standard InChI is InChI=1S/C13H15NO/c1-8-9(2)14-12-10(8)4-3-5-11(12)13(15)6-7-13/h3-5,14-15H,6-7H2,1-2H3. The molecule has 0 spiro atoms. The van der Waals surface area contributed by atoms with Gasteiger partial charge >= 0.3 is 0 Å². The molecule has 1 aliphatic carbocycles. The summed E-state index contributed by atoms with van der Waals surface area (Å²) in [6.07, 6.45) is 1.78. The number of hydrogen-bond donors (Lipinski definition) is 2. The second-order valence-electron chi connectivity index (χ2n) is 4.63. The molecule has 15 heavy (non-hydrogen) atoms. The van der Waals surface area contributed by atoms with Crippen molar-refractivity contribution in [3.8, 4) is 0 Å². The van der Waals surface area contributed by atoms with Gasteiger partial charge in [0.1, 0.15) is 0 Å². The summed E-state index contributed by atoms with van der Waals surface area (Å²) in [5.74, 6) is 0. The number of nitrogens with one attached hydrogen (secondary N) is 1. The number of aromatic amines is 1. The molecule has 2 N–H and O–H groups in total. The molecule has 3 rings (SSSR count). The molecule has 1 aromatic carbocycles. The van der Waals surface area contributed by atoms with Gasteiger partial charge in [0.15, 0.2) is 0 Å². The minimum atomic E-state index is -0.552. The maximum atomic E-state index is 10.2. The van der Waals surface area contributed by atoms with Gasteiger partial charge < -0.3 is 10.1 Å². The third-order valence-electron chi connectivity index (χ3n) is 3.57. The summed E-state index contributed by atoms with van der Waals surface area (Å²) in [7, 11) is 0. The number of para-hydroxylation sites is 1. The minimum absolute atomic E-state index is 0.552. The van der Waals surface area contributed by atoms with Crippen LogP contribution >= 0.6 is 0 Å². The molecule has 2 aromatic rings. The van der Waals surface area contributed by atoms with Crippen LogP contribution in [-0.4, -0.2) is 10.1 Å². The van der Waals surface area contributed by atoms with E-state index in [9.17, 15) is 5.11 Å². The topological polar surface area (TPSA) is 36.0 Å². The van der Waals surface area contributed by atoms with Gasteiger partial charge in [-0.25, -0.2) is 0 Å². The van der Waals surface area contributed by atoms with Crippen LogP contribution in [0.3, 0.4) is 0 Å². The van der Waals surface area contributed by atoms with Crippen molar-refractivity contribution in [1.29, 1.82) is 0 Å². The van der Waals surface area contributed by atoms with Gasteiger partial charge in [-0.2, -0.15) is 0 Å². The Hall–Kier alpha value is -1.28. The molecule has 0 saturated heterocycles. The zero-order chi connectivity index (χ0) is 10.6. The first-order valence-electron chi connectivity index (χ1n) is 5.42. The molecule has 0 bridgehead atoms. The summed E-state index contributed by atoms with van der Waals surface area (Å²) in [5, 5.41) is 11.4. The normalized spacial score (nSPS) is 18.3. The van der Waals surface area contributed by atoms with Gasteiger partial charge in [0.05, 0.1) is 11.1 Å². The molecular formula is C13H15NO. The molecule has 0 radical (unpaired) electrons. The molecule has 0 aliphatic heterocycles. The first-order valence-corrected chi connectivity index (χ1v) is 5.42. The average molecular weight is 201 g/mol. The summed E-state index contributed by atoms with van der Waals surface area (Å²) in [5.41, 5.74) is 4.12. The Kier molecular flexibility index (Phi) is 1.58. The second-order valence-corrected chi connectivity index (χ2v) is 4.63. The van der Waals surface area contributed by atoms with E-state index < -0.39 is 5.60 Å². The van der Waals surface area contributed by atoms with Crippen LogP contribution in [0, 0.1) is 13.8 Å². The van der Waals surface area contributed by atoms with E-state index in [1.165, 1.54) is 16.6 Å².